The number of aromatic hydroxyl groups is 3. The molecule has 0 bridgehead atoms. The van der Waals surface area contributed by atoms with Crippen LogP contribution in [0.25, 0.3) is 54.6 Å². The largest absolute Gasteiger partial charge is 0.507 e. The molecule has 0 saturated heterocycles. The van der Waals surface area contributed by atoms with Crippen molar-refractivity contribution in [2.45, 2.75) is 0 Å². The van der Waals surface area contributed by atoms with Crippen molar-refractivity contribution in [2.75, 3.05) is 0 Å². The van der Waals surface area contributed by atoms with Gasteiger partial charge < -0.3 is 15.3 Å². The van der Waals surface area contributed by atoms with E-state index in [4.69, 9.17) is 0 Å². The van der Waals surface area contributed by atoms with Gasteiger partial charge in [0.15, 0.2) is 0 Å². The first-order valence-electron chi connectivity index (χ1n) is 10.8. The maximum atomic E-state index is 11.0. The SMILES string of the molecule is Oc1cccc2c(-c3ccc(-c4cccc5cccc(O)c45)c4c(O)cccc34)cccc12. The summed E-state index contributed by atoms with van der Waals surface area (Å²) in [6.45, 7) is 0. The van der Waals surface area contributed by atoms with Crippen LogP contribution in [0.2, 0.25) is 0 Å². The van der Waals surface area contributed by atoms with Gasteiger partial charge in [-0.3, -0.25) is 0 Å². The first kappa shape index (κ1) is 19.2. The molecule has 0 aliphatic rings. The van der Waals surface area contributed by atoms with Crippen molar-refractivity contribution in [1.29, 1.82) is 0 Å². The van der Waals surface area contributed by atoms with Gasteiger partial charge in [-0.05, 0) is 56.6 Å². The zero-order valence-electron chi connectivity index (χ0n) is 17.7. The maximum absolute atomic E-state index is 11.0. The zero-order valence-corrected chi connectivity index (χ0v) is 17.7. The smallest absolute Gasteiger partial charge is 0.124 e. The van der Waals surface area contributed by atoms with Crippen LogP contribution in [0, 0.1) is 0 Å². The lowest BCUT2D eigenvalue weighted by molar-refractivity contribution is 0.481. The minimum atomic E-state index is 0.180. The fourth-order valence-electron chi connectivity index (χ4n) is 4.92. The minimum Gasteiger partial charge on any atom is -0.507 e. The predicted octanol–water partition coefficient (Wildman–Crippen LogP) is 7.60. The van der Waals surface area contributed by atoms with Crippen LogP contribution >= 0.6 is 0 Å². The van der Waals surface area contributed by atoms with E-state index in [2.05, 4.69) is 6.07 Å². The molecule has 0 saturated carbocycles. The summed E-state index contributed by atoms with van der Waals surface area (Å²) in [5.74, 6) is 0.629. The number of benzene rings is 6. The average molecular weight is 428 g/mol. The third-order valence-electron chi connectivity index (χ3n) is 6.38. The fourth-order valence-corrected chi connectivity index (χ4v) is 4.92. The molecule has 0 amide bonds. The molecular formula is C30H20O3. The molecule has 33 heavy (non-hydrogen) atoms. The molecule has 0 fully saturated rings. The molecule has 0 atom stereocenters. The summed E-state index contributed by atoms with van der Waals surface area (Å²) in [7, 11) is 0. The first-order valence-corrected chi connectivity index (χ1v) is 10.8. The highest BCUT2D eigenvalue weighted by Gasteiger charge is 2.17. The average Bonchev–Trinajstić information content (AvgIpc) is 2.84. The number of phenols is 3. The van der Waals surface area contributed by atoms with Crippen LogP contribution in [0.1, 0.15) is 0 Å². The Hall–Kier alpha value is -4.50. The van der Waals surface area contributed by atoms with E-state index in [0.29, 0.717) is 0 Å². The van der Waals surface area contributed by atoms with E-state index in [1.807, 2.05) is 78.9 Å². The Labute approximate surface area is 190 Å². The fraction of sp³-hybridized carbons (Fsp3) is 0. The molecule has 0 aromatic heterocycles. The summed E-state index contributed by atoms with van der Waals surface area (Å²) in [6, 6.07) is 32.4. The van der Waals surface area contributed by atoms with Gasteiger partial charge in [-0.25, -0.2) is 0 Å². The standard InChI is InChI=1S/C30H20O3/c31-26-13-4-9-20-19(8-3-10-22(20)26)21-16-17-25(30-23(21)12-5-15-28(30)33)24-11-1-6-18-7-2-14-27(32)29(18)24/h1-17,31-33H. The van der Waals surface area contributed by atoms with E-state index in [-0.39, 0.29) is 17.2 Å². The lowest BCUT2D eigenvalue weighted by atomic mass is 9.88. The van der Waals surface area contributed by atoms with Gasteiger partial charge in [-0.1, -0.05) is 84.9 Å². The van der Waals surface area contributed by atoms with Gasteiger partial charge in [0.1, 0.15) is 17.2 Å². The summed E-state index contributed by atoms with van der Waals surface area (Å²) in [5, 5.41) is 37.0. The Morgan fingerprint density at radius 1 is 0.333 bits per heavy atom. The molecule has 0 heterocycles. The summed E-state index contributed by atoms with van der Waals surface area (Å²) >= 11 is 0. The highest BCUT2D eigenvalue weighted by molar-refractivity contribution is 6.15. The quantitative estimate of drug-likeness (QED) is 0.266. The molecule has 3 nitrogen and oxygen atoms in total. The number of hydrogen-bond acceptors (Lipinski definition) is 3. The van der Waals surface area contributed by atoms with E-state index >= 15 is 0 Å². The molecule has 158 valence electrons. The monoisotopic (exact) mass is 428 g/mol. The van der Waals surface area contributed by atoms with Crippen molar-refractivity contribution in [1.82, 2.24) is 0 Å². The van der Waals surface area contributed by atoms with Crippen LogP contribution < -0.4 is 0 Å². The van der Waals surface area contributed by atoms with Crippen LogP contribution in [-0.2, 0) is 0 Å². The van der Waals surface area contributed by atoms with E-state index in [0.717, 1.165) is 54.6 Å². The Morgan fingerprint density at radius 2 is 0.818 bits per heavy atom. The van der Waals surface area contributed by atoms with E-state index in [9.17, 15) is 15.3 Å². The second-order valence-corrected chi connectivity index (χ2v) is 8.22. The van der Waals surface area contributed by atoms with E-state index in [1.54, 1.807) is 18.2 Å². The third-order valence-corrected chi connectivity index (χ3v) is 6.38. The van der Waals surface area contributed by atoms with Gasteiger partial charge >= 0.3 is 0 Å². The van der Waals surface area contributed by atoms with E-state index in [1.165, 1.54) is 0 Å². The van der Waals surface area contributed by atoms with Gasteiger partial charge in [-0.15, -0.1) is 0 Å². The molecule has 0 unspecified atom stereocenters. The molecule has 6 rings (SSSR count). The maximum Gasteiger partial charge on any atom is 0.124 e. The molecule has 0 aliphatic carbocycles. The van der Waals surface area contributed by atoms with Crippen LogP contribution in [-0.4, -0.2) is 15.3 Å². The number of fused-ring (bicyclic) bond motifs is 3. The molecule has 3 heteroatoms. The molecule has 0 aliphatic heterocycles. The predicted molar refractivity (Wildman–Crippen MR) is 135 cm³/mol. The Balaban J connectivity index is 1.72. The Morgan fingerprint density at radius 3 is 1.64 bits per heavy atom. The van der Waals surface area contributed by atoms with Gasteiger partial charge in [0.05, 0.1) is 0 Å². The molecule has 6 aromatic rings. The molecule has 6 aromatic carbocycles. The normalized spacial score (nSPS) is 11.4. The molecule has 3 N–H and O–H groups in total. The highest BCUT2D eigenvalue weighted by Crippen LogP contribution is 2.45. The molecular weight excluding hydrogens is 408 g/mol. The summed E-state index contributed by atoms with van der Waals surface area (Å²) in [6.07, 6.45) is 0. The second kappa shape index (κ2) is 7.28. The van der Waals surface area contributed by atoms with Crippen LogP contribution in [0.4, 0.5) is 0 Å². The first-order chi connectivity index (χ1) is 16.1. The molecule has 0 spiro atoms. The minimum absolute atomic E-state index is 0.180. The lowest BCUT2D eigenvalue weighted by Gasteiger charge is -2.16. The summed E-state index contributed by atoms with van der Waals surface area (Å²) in [5.41, 5.74) is 3.65. The topological polar surface area (TPSA) is 60.7 Å². The summed E-state index contributed by atoms with van der Waals surface area (Å²) in [4.78, 5) is 0. The van der Waals surface area contributed by atoms with Crippen molar-refractivity contribution in [3.8, 4) is 39.5 Å². The third kappa shape index (κ3) is 2.90. The number of hydrogen-bond donors (Lipinski definition) is 3. The van der Waals surface area contributed by atoms with Crippen molar-refractivity contribution in [3.63, 3.8) is 0 Å². The van der Waals surface area contributed by atoms with Crippen LogP contribution in [0.3, 0.4) is 0 Å². The second-order valence-electron chi connectivity index (χ2n) is 8.22. The van der Waals surface area contributed by atoms with Crippen molar-refractivity contribution < 1.29 is 15.3 Å². The van der Waals surface area contributed by atoms with Gasteiger partial charge in [0, 0.05) is 16.2 Å². The number of rotatable bonds is 2. The van der Waals surface area contributed by atoms with Gasteiger partial charge in [0.25, 0.3) is 0 Å². The highest BCUT2D eigenvalue weighted by atomic mass is 16.3. The number of phenolic OH excluding ortho intramolecular Hbond substituents is 3. The Kier molecular flexibility index (Phi) is 4.24. The van der Waals surface area contributed by atoms with Crippen molar-refractivity contribution in [2.24, 2.45) is 0 Å². The van der Waals surface area contributed by atoms with Crippen LogP contribution in [0.5, 0.6) is 17.2 Å². The lowest BCUT2D eigenvalue weighted by Crippen LogP contribution is -1.89. The Bertz CT molecular complexity index is 1690. The van der Waals surface area contributed by atoms with Gasteiger partial charge in [-0.2, -0.15) is 0 Å². The van der Waals surface area contributed by atoms with Crippen molar-refractivity contribution in [3.05, 3.63) is 103 Å². The van der Waals surface area contributed by atoms with Crippen LogP contribution in [0.15, 0.2) is 103 Å². The van der Waals surface area contributed by atoms with E-state index < -0.39 is 0 Å². The zero-order chi connectivity index (χ0) is 22.5. The summed E-state index contributed by atoms with van der Waals surface area (Å²) < 4.78 is 0. The van der Waals surface area contributed by atoms with Gasteiger partial charge in [0.2, 0.25) is 0 Å². The van der Waals surface area contributed by atoms with Crippen molar-refractivity contribution >= 4 is 32.3 Å². The molecule has 0 radical (unpaired) electrons.